The van der Waals surface area contributed by atoms with Gasteiger partial charge in [-0.3, -0.25) is 9.00 Å². The number of para-hydroxylation sites is 1. The summed E-state index contributed by atoms with van der Waals surface area (Å²) >= 11 is 6.97. The number of hydrogen-bond acceptors (Lipinski definition) is 4. The lowest BCUT2D eigenvalue weighted by atomic mass is 10.3. The molecule has 1 atom stereocenters. The van der Waals surface area contributed by atoms with Crippen LogP contribution in [0.4, 0.5) is 0 Å². The van der Waals surface area contributed by atoms with Crippen molar-refractivity contribution in [2.75, 3.05) is 12.9 Å². The van der Waals surface area contributed by atoms with Gasteiger partial charge in [0.1, 0.15) is 5.75 Å². The first-order valence-electron chi connectivity index (χ1n) is 5.41. The summed E-state index contributed by atoms with van der Waals surface area (Å²) in [5.74, 6) is 0.274. The Kier molecular flexibility index (Phi) is 4.74. The number of benzene rings is 1. The molecule has 0 aliphatic rings. The fraction of sp³-hybridized carbons (Fsp3) is 0.154. The molecule has 1 heterocycles. The first-order chi connectivity index (χ1) is 9.11. The van der Waals surface area contributed by atoms with E-state index in [4.69, 9.17) is 16.3 Å². The minimum Gasteiger partial charge on any atom is -0.495 e. The summed E-state index contributed by atoms with van der Waals surface area (Å²) in [7, 11) is 0.0837. The molecule has 19 heavy (non-hydrogen) atoms. The zero-order chi connectivity index (χ0) is 13.8. The van der Waals surface area contributed by atoms with Crippen LogP contribution >= 0.6 is 22.9 Å². The van der Waals surface area contributed by atoms with E-state index < -0.39 is 10.8 Å². The Morgan fingerprint density at radius 1 is 1.32 bits per heavy atom. The van der Waals surface area contributed by atoms with Crippen molar-refractivity contribution in [3.8, 4) is 5.75 Å². The minimum atomic E-state index is -1.43. The van der Waals surface area contributed by atoms with Gasteiger partial charge in [0.05, 0.1) is 37.8 Å². The summed E-state index contributed by atoms with van der Waals surface area (Å²) in [6.45, 7) is 0. The highest BCUT2D eigenvalue weighted by Crippen LogP contribution is 2.24. The smallest absolute Gasteiger partial charge is 0.185 e. The number of rotatable bonds is 5. The second kappa shape index (κ2) is 6.32. The first-order valence-corrected chi connectivity index (χ1v) is 7.93. The first kappa shape index (κ1) is 14.2. The zero-order valence-corrected chi connectivity index (χ0v) is 12.5. The van der Waals surface area contributed by atoms with E-state index >= 15 is 0 Å². The molecule has 0 saturated carbocycles. The van der Waals surface area contributed by atoms with Gasteiger partial charge in [-0.1, -0.05) is 23.7 Å². The Balaban J connectivity index is 2.15. The molecule has 0 aliphatic heterocycles. The molecule has 0 radical (unpaired) electrons. The van der Waals surface area contributed by atoms with Crippen LogP contribution in [0.2, 0.25) is 4.34 Å². The Bertz CT molecular complexity index is 622. The van der Waals surface area contributed by atoms with E-state index in [9.17, 15) is 9.00 Å². The molecule has 1 unspecified atom stereocenters. The lowest BCUT2D eigenvalue weighted by molar-refractivity contribution is 0.102. The summed E-state index contributed by atoms with van der Waals surface area (Å²) in [4.78, 5) is 13.0. The highest BCUT2D eigenvalue weighted by atomic mass is 35.5. The standard InChI is InChI=1S/C13H11ClO3S2/c1-17-10-4-2-3-5-12(10)19(16)8-9(15)11-6-7-13(14)18-11/h2-7H,8H2,1H3. The Hall–Kier alpha value is -1.17. The van der Waals surface area contributed by atoms with Crippen molar-refractivity contribution in [2.24, 2.45) is 0 Å². The van der Waals surface area contributed by atoms with Gasteiger partial charge in [0, 0.05) is 0 Å². The average Bonchev–Trinajstić information content (AvgIpc) is 2.85. The van der Waals surface area contributed by atoms with E-state index in [1.165, 1.54) is 18.4 Å². The van der Waals surface area contributed by atoms with Crippen molar-refractivity contribution in [1.29, 1.82) is 0 Å². The molecule has 3 nitrogen and oxygen atoms in total. The third-order valence-corrected chi connectivity index (χ3v) is 5.05. The molecular weight excluding hydrogens is 304 g/mol. The topological polar surface area (TPSA) is 43.4 Å². The number of carbonyl (C=O) groups excluding carboxylic acids is 1. The quantitative estimate of drug-likeness (QED) is 0.794. The predicted molar refractivity (Wildman–Crippen MR) is 77.9 cm³/mol. The van der Waals surface area contributed by atoms with E-state index in [2.05, 4.69) is 0 Å². The highest BCUT2D eigenvalue weighted by molar-refractivity contribution is 7.86. The molecule has 1 aromatic heterocycles. The number of Topliss-reactive ketones (excluding diaryl/α,β-unsaturated/α-hetero) is 1. The molecule has 0 aliphatic carbocycles. The maximum Gasteiger partial charge on any atom is 0.185 e. The average molecular weight is 315 g/mol. The van der Waals surface area contributed by atoms with Gasteiger partial charge in [-0.25, -0.2) is 0 Å². The Morgan fingerprint density at radius 2 is 2.05 bits per heavy atom. The van der Waals surface area contributed by atoms with Crippen molar-refractivity contribution in [3.63, 3.8) is 0 Å². The van der Waals surface area contributed by atoms with Crippen LogP contribution in [0.1, 0.15) is 9.67 Å². The van der Waals surface area contributed by atoms with Gasteiger partial charge in [0.25, 0.3) is 0 Å². The summed E-state index contributed by atoms with van der Waals surface area (Å²) in [5.41, 5.74) is 0. The predicted octanol–water partition coefficient (Wildman–Crippen LogP) is 3.40. The summed E-state index contributed by atoms with van der Waals surface area (Å²) in [6.07, 6.45) is 0. The number of methoxy groups -OCH3 is 1. The summed E-state index contributed by atoms with van der Waals surface area (Å²) in [6, 6.07) is 10.3. The second-order valence-corrected chi connectivity index (χ2v) is 6.80. The van der Waals surface area contributed by atoms with Crippen LogP contribution in [-0.2, 0) is 10.8 Å². The van der Waals surface area contributed by atoms with Crippen molar-refractivity contribution in [1.82, 2.24) is 0 Å². The van der Waals surface area contributed by atoms with Crippen LogP contribution in [0.15, 0.2) is 41.3 Å². The molecule has 2 aromatic rings. The van der Waals surface area contributed by atoms with Crippen molar-refractivity contribution >= 4 is 39.5 Å². The van der Waals surface area contributed by atoms with Gasteiger partial charge >= 0.3 is 0 Å². The van der Waals surface area contributed by atoms with Gasteiger partial charge in [-0.2, -0.15) is 0 Å². The zero-order valence-electron chi connectivity index (χ0n) is 10.1. The van der Waals surface area contributed by atoms with E-state index in [-0.39, 0.29) is 11.5 Å². The lowest BCUT2D eigenvalue weighted by Crippen LogP contribution is -2.10. The van der Waals surface area contributed by atoms with Gasteiger partial charge < -0.3 is 4.74 Å². The molecule has 0 amide bonds. The molecule has 1 aromatic carbocycles. The summed E-state index contributed by atoms with van der Waals surface area (Å²) in [5, 5.41) is 0. The summed E-state index contributed by atoms with van der Waals surface area (Å²) < 4.78 is 17.9. The van der Waals surface area contributed by atoms with Crippen LogP contribution in [0.3, 0.4) is 0 Å². The van der Waals surface area contributed by atoms with Gasteiger partial charge in [0.15, 0.2) is 5.78 Å². The van der Waals surface area contributed by atoms with Crippen LogP contribution < -0.4 is 4.74 Å². The normalized spacial score (nSPS) is 12.1. The van der Waals surface area contributed by atoms with Gasteiger partial charge in [-0.15, -0.1) is 11.3 Å². The largest absolute Gasteiger partial charge is 0.495 e. The van der Waals surface area contributed by atoms with Crippen LogP contribution in [0, 0.1) is 0 Å². The number of carbonyl (C=O) groups is 1. The van der Waals surface area contributed by atoms with Crippen molar-refractivity contribution < 1.29 is 13.7 Å². The fourth-order valence-corrected chi connectivity index (χ4v) is 3.77. The van der Waals surface area contributed by atoms with Crippen molar-refractivity contribution in [2.45, 2.75) is 4.90 Å². The number of hydrogen-bond donors (Lipinski definition) is 0. The maximum atomic E-state index is 12.2. The van der Waals surface area contributed by atoms with Crippen LogP contribution in [0.5, 0.6) is 5.75 Å². The molecule has 0 saturated heterocycles. The minimum absolute atomic E-state index is 0.0722. The van der Waals surface area contributed by atoms with E-state index in [1.54, 1.807) is 36.4 Å². The third-order valence-electron chi connectivity index (χ3n) is 2.42. The molecule has 0 fully saturated rings. The monoisotopic (exact) mass is 314 g/mol. The SMILES string of the molecule is COc1ccccc1S(=O)CC(=O)c1ccc(Cl)s1. The van der Waals surface area contributed by atoms with Gasteiger partial charge in [0.2, 0.25) is 0 Å². The molecule has 2 rings (SSSR count). The molecule has 0 bridgehead atoms. The Labute approximate surface area is 122 Å². The third kappa shape index (κ3) is 3.43. The highest BCUT2D eigenvalue weighted by Gasteiger charge is 2.16. The number of ketones is 1. The molecule has 0 spiro atoms. The Morgan fingerprint density at radius 3 is 2.68 bits per heavy atom. The van der Waals surface area contributed by atoms with Gasteiger partial charge in [-0.05, 0) is 24.3 Å². The maximum absolute atomic E-state index is 12.2. The van der Waals surface area contributed by atoms with Crippen LogP contribution in [0.25, 0.3) is 0 Å². The van der Waals surface area contributed by atoms with Crippen LogP contribution in [-0.4, -0.2) is 22.9 Å². The van der Waals surface area contributed by atoms with E-state index in [1.807, 2.05) is 0 Å². The fourth-order valence-electron chi connectivity index (χ4n) is 1.54. The number of halogens is 1. The molecule has 0 N–H and O–H groups in total. The molecule has 100 valence electrons. The number of thiophene rings is 1. The van der Waals surface area contributed by atoms with E-state index in [0.717, 1.165) is 0 Å². The number of ether oxygens (including phenoxy) is 1. The van der Waals surface area contributed by atoms with Crippen molar-refractivity contribution in [3.05, 3.63) is 45.6 Å². The van der Waals surface area contributed by atoms with E-state index in [0.29, 0.717) is 19.9 Å². The lowest BCUT2D eigenvalue weighted by Gasteiger charge is -2.06. The molecular formula is C13H11ClO3S2. The molecule has 6 heteroatoms. The second-order valence-electron chi connectivity index (χ2n) is 3.67.